The second-order valence-electron chi connectivity index (χ2n) is 5.53. The predicted molar refractivity (Wildman–Crippen MR) is 77.5 cm³/mol. The molecule has 1 aromatic rings. The number of hydrogen-bond acceptors (Lipinski definition) is 5. The number of nitrogens with zero attached hydrogens (tertiary/aromatic N) is 2. The van der Waals surface area contributed by atoms with Gasteiger partial charge >= 0.3 is 0 Å². The maximum absolute atomic E-state index is 5.68. The van der Waals surface area contributed by atoms with Gasteiger partial charge in [-0.1, -0.05) is 20.8 Å². The fourth-order valence-electron chi connectivity index (χ4n) is 1.91. The number of nitrogens with one attached hydrogen (secondary N) is 1. The lowest BCUT2D eigenvalue weighted by molar-refractivity contribution is -0.0936. The van der Waals surface area contributed by atoms with Crippen LogP contribution in [0.3, 0.4) is 0 Å². The second-order valence-corrected chi connectivity index (χ2v) is 6.32. The Morgan fingerprint density at radius 2 is 2.00 bits per heavy atom. The minimum absolute atomic E-state index is 0.0718. The highest BCUT2D eigenvalue weighted by atomic mass is 79.9. The average Bonchev–Trinajstić information content (AvgIpc) is 2.38. The number of halogens is 1. The normalized spacial score (nSPS) is 20.4. The zero-order chi connectivity index (χ0) is 14.0. The van der Waals surface area contributed by atoms with Gasteiger partial charge < -0.3 is 14.8 Å². The summed E-state index contributed by atoms with van der Waals surface area (Å²) in [6.07, 6.45) is -0.185. The maximum Gasteiger partial charge on any atom is 0.162 e. The van der Waals surface area contributed by atoms with Crippen molar-refractivity contribution >= 4 is 21.7 Å². The van der Waals surface area contributed by atoms with Crippen molar-refractivity contribution in [1.29, 1.82) is 0 Å². The smallest absolute Gasteiger partial charge is 0.162 e. The lowest BCUT2D eigenvalue weighted by atomic mass is 9.91. The summed E-state index contributed by atoms with van der Waals surface area (Å²) in [5.41, 5.74) is 0.897. The third kappa shape index (κ3) is 3.24. The third-order valence-electron chi connectivity index (χ3n) is 2.92. The number of ether oxygens (including phenoxy) is 2. The van der Waals surface area contributed by atoms with Gasteiger partial charge in [-0.05, 0) is 15.9 Å². The van der Waals surface area contributed by atoms with Gasteiger partial charge in [-0.2, -0.15) is 0 Å². The maximum atomic E-state index is 5.68. The number of hydrogen-bond donors (Lipinski definition) is 1. The fourth-order valence-corrected chi connectivity index (χ4v) is 2.88. The van der Waals surface area contributed by atoms with E-state index in [-0.39, 0.29) is 11.5 Å². The molecule has 0 amide bonds. The largest absolute Gasteiger partial charge is 0.376 e. The average molecular weight is 330 g/mol. The Kier molecular flexibility index (Phi) is 4.43. The van der Waals surface area contributed by atoms with Crippen molar-refractivity contribution < 1.29 is 9.47 Å². The molecule has 0 saturated carbocycles. The van der Waals surface area contributed by atoms with Crippen LogP contribution in [0.4, 0.5) is 5.82 Å². The first-order valence-electron chi connectivity index (χ1n) is 6.38. The Balaban J connectivity index is 2.44. The summed E-state index contributed by atoms with van der Waals surface area (Å²) in [5.74, 6) is 1.46. The van der Waals surface area contributed by atoms with Gasteiger partial charge in [0.2, 0.25) is 0 Å². The van der Waals surface area contributed by atoms with Crippen molar-refractivity contribution in [2.24, 2.45) is 0 Å². The van der Waals surface area contributed by atoms with Crippen LogP contribution in [-0.4, -0.2) is 36.8 Å². The second kappa shape index (κ2) is 5.73. The van der Waals surface area contributed by atoms with Crippen LogP contribution in [0.5, 0.6) is 0 Å². The van der Waals surface area contributed by atoms with Crippen LogP contribution in [0.1, 0.15) is 38.4 Å². The summed E-state index contributed by atoms with van der Waals surface area (Å²) in [6, 6.07) is 0. The van der Waals surface area contributed by atoms with Crippen LogP contribution >= 0.6 is 15.9 Å². The Bertz CT molecular complexity index is 454. The van der Waals surface area contributed by atoms with E-state index in [1.54, 1.807) is 0 Å². The van der Waals surface area contributed by atoms with Gasteiger partial charge in [0.15, 0.2) is 5.82 Å². The highest BCUT2D eigenvalue weighted by Crippen LogP contribution is 2.33. The molecular weight excluding hydrogens is 310 g/mol. The lowest BCUT2D eigenvalue weighted by Crippen LogP contribution is -2.26. The van der Waals surface area contributed by atoms with Crippen LogP contribution in [0, 0.1) is 0 Å². The zero-order valence-electron chi connectivity index (χ0n) is 11.8. The minimum Gasteiger partial charge on any atom is -0.376 e. The molecule has 5 nitrogen and oxygen atoms in total. The van der Waals surface area contributed by atoms with Gasteiger partial charge in [-0.25, -0.2) is 9.97 Å². The van der Waals surface area contributed by atoms with Crippen molar-refractivity contribution in [2.45, 2.75) is 32.3 Å². The molecule has 2 heterocycles. The molecule has 1 aromatic heterocycles. The van der Waals surface area contributed by atoms with Crippen LogP contribution in [-0.2, 0) is 14.9 Å². The van der Waals surface area contributed by atoms with Crippen molar-refractivity contribution in [2.75, 3.05) is 32.2 Å². The molecule has 0 spiro atoms. The number of anilines is 1. The molecule has 1 saturated heterocycles. The molecular formula is C13H20BrN3O2. The first-order chi connectivity index (χ1) is 8.93. The van der Waals surface area contributed by atoms with E-state index in [2.05, 4.69) is 52.0 Å². The van der Waals surface area contributed by atoms with E-state index in [0.717, 1.165) is 16.0 Å². The Morgan fingerprint density at radius 3 is 2.53 bits per heavy atom. The number of rotatable bonds is 2. The third-order valence-corrected chi connectivity index (χ3v) is 3.67. The Labute approximate surface area is 122 Å². The topological polar surface area (TPSA) is 56.3 Å². The minimum atomic E-state index is -0.185. The van der Waals surface area contributed by atoms with E-state index in [0.29, 0.717) is 25.6 Å². The van der Waals surface area contributed by atoms with Gasteiger partial charge in [0, 0.05) is 12.5 Å². The van der Waals surface area contributed by atoms with E-state index >= 15 is 0 Å². The standard InChI is InChI=1S/C13H20BrN3O2/c1-13(2,3)10-9(14)12(15-4)17-11(16-10)8-7-18-5-6-19-8/h8H,5-7H2,1-4H3,(H,15,16,17). The SMILES string of the molecule is CNc1nc(C2COCCO2)nc(C(C)(C)C)c1Br. The molecule has 1 fully saturated rings. The summed E-state index contributed by atoms with van der Waals surface area (Å²) in [5, 5.41) is 3.09. The van der Waals surface area contributed by atoms with E-state index < -0.39 is 0 Å². The highest BCUT2D eigenvalue weighted by molar-refractivity contribution is 9.10. The molecule has 0 radical (unpaired) electrons. The van der Waals surface area contributed by atoms with Crippen molar-refractivity contribution in [3.8, 4) is 0 Å². The zero-order valence-corrected chi connectivity index (χ0v) is 13.4. The molecule has 1 atom stereocenters. The molecule has 0 aromatic carbocycles. The first kappa shape index (κ1) is 14.7. The van der Waals surface area contributed by atoms with E-state index in [9.17, 15) is 0 Å². The molecule has 106 valence electrons. The quantitative estimate of drug-likeness (QED) is 0.903. The molecule has 1 unspecified atom stereocenters. The van der Waals surface area contributed by atoms with E-state index in [1.165, 1.54) is 0 Å². The first-order valence-corrected chi connectivity index (χ1v) is 7.18. The summed E-state index contributed by atoms with van der Waals surface area (Å²) in [4.78, 5) is 9.19. The van der Waals surface area contributed by atoms with Gasteiger partial charge in [-0.15, -0.1) is 0 Å². The van der Waals surface area contributed by atoms with E-state index in [4.69, 9.17) is 9.47 Å². The highest BCUT2D eigenvalue weighted by Gasteiger charge is 2.27. The van der Waals surface area contributed by atoms with Crippen LogP contribution in [0.2, 0.25) is 0 Å². The summed E-state index contributed by atoms with van der Waals surface area (Å²) >= 11 is 3.58. The van der Waals surface area contributed by atoms with Crippen molar-refractivity contribution in [3.05, 3.63) is 16.0 Å². The summed E-state index contributed by atoms with van der Waals surface area (Å²) in [7, 11) is 1.85. The van der Waals surface area contributed by atoms with Crippen molar-refractivity contribution in [1.82, 2.24) is 9.97 Å². The summed E-state index contributed by atoms with van der Waals surface area (Å²) < 4.78 is 12.0. The predicted octanol–water partition coefficient (Wildman–Crippen LogP) is 2.67. The van der Waals surface area contributed by atoms with Gasteiger partial charge in [0.1, 0.15) is 11.9 Å². The van der Waals surface area contributed by atoms with E-state index in [1.807, 2.05) is 7.05 Å². The van der Waals surface area contributed by atoms with Crippen molar-refractivity contribution in [3.63, 3.8) is 0 Å². The Morgan fingerprint density at radius 1 is 1.26 bits per heavy atom. The van der Waals surface area contributed by atoms with Crippen LogP contribution in [0.25, 0.3) is 0 Å². The fraction of sp³-hybridized carbons (Fsp3) is 0.692. The lowest BCUT2D eigenvalue weighted by Gasteiger charge is -2.26. The monoisotopic (exact) mass is 329 g/mol. The molecule has 0 bridgehead atoms. The molecule has 1 aliphatic heterocycles. The molecule has 2 rings (SSSR count). The van der Waals surface area contributed by atoms with Gasteiger partial charge in [0.25, 0.3) is 0 Å². The molecule has 19 heavy (non-hydrogen) atoms. The summed E-state index contributed by atoms with van der Waals surface area (Å²) in [6.45, 7) is 8.11. The van der Waals surface area contributed by atoms with Crippen LogP contribution < -0.4 is 5.32 Å². The van der Waals surface area contributed by atoms with Gasteiger partial charge in [-0.3, -0.25) is 0 Å². The molecule has 0 aliphatic carbocycles. The van der Waals surface area contributed by atoms with Crippen LogP contribution in [0.15, 0.2) is 4.47 Å². The Hall–Kier alpha value is -0.720. The molecule has 6 heteroatoms. The molecule has 1 aliphatic rings. The number of aromatic nitrogens is 2. The van der Waals surface area contributed by atoms with Gasteiger partial charge in [0.05, 0.1) is 30.0 Å². The molecule has 1 N–H and O–H groups in total.